The van der Waals surface area contributed by atoms with E-state index in [1.54, 1.807) is 6.07 Å². The van der Waals surface area contributed by atoms with Crippen molar-refractivity contribution in [2.75, 3.05) is 13.2 Å². The van der Waals surface area contributed by atoms with Crippen LogP contribution in [0.15, 0.2) is 18.2 Å². The molecule has 0 aromatic heterocycles. The van der Waals surface area contributed by atoms with E-state index in [-0.39, 0.29) is 11.4 Å². The standard InChI is InChI=1S/C9H7FO2/c10-6-1-2-7-8(3-6)11-4-9(7)5-12-9/h1-3H,4-5H2. The second-order valence-electron chi connectivity index (χ2n) is 3.21. The molecule has 0 N–H and O–H groups in total. The summed E-state index contributed by atoms with van der Waals surface area (Å²) in [6.07, 6.45) is 0. The lowest BCUT2D eigenvalue weighted by molar-refractivity contribution is 0.231. The van der Waals surface area contributed by atoms with Crippen LogP contribution in [0.2, 0.25) is 0 Å². The van der Waals surface area contributed by atoms with Gasteiger partial charge in [0.2, 0.25) is 0 Å². The van der Waals surface area contributed by atoms with E-state index in [1.807, 2.05) is 0 Å². The van der Waals surface area contributed by atoms with Crippen molar-refractivity contribution in [2.24, 2.45) is 0 Å². The van der Waals surface area contributed by atoms with Crippen molar-refractivity contribution in [1.29, 1.82) is 0 Å². The summed E-state index contributed by atoms with van der Waals surface area (Å²) in [4.78, 5) is 0. The smallest absolute Gasteiger partial charge is 0.154 e. The fraction of sp³-hybridized carbons (Fsp3) is 0.333. The van der Waals surface area contributed by atoms with Crippen molar-refractivity contribution in [3.63, 3.8) is 0 Å². The minimum Gasteiger partial charge on any atom is -0.490 e. The maximum atomic E-state index is 12.7. The Kier molecular flexibility index (Phi) is 0.964. The Bertz CT molecular complexity index is 344. The molecule has 1 atom stereocenters. The zero-order valence-corrected chi connectivity index (χ0v) is 6.34. The molecule has 2 aliphatic heterocycles. The van der Waals surface area contributed by atoms with Crippen molar-refractivity contribution in [2.45, 2.75) is 5.60 Å². The van der Waals surface area contributed by atoms with Gasteiger partial charge in [0.05, 0.1) is 6.61 Å². The molecule has 1 fully saturated rings. The Balaban J connectivity index is 2.18. The molecule has 1 spiro atoms. The van der Waals surface area contributed by atoms with Crippen LogP contribution >= 0.6 is 0 Å². The van der Waals surface area contributed by atoms with Crippen molar-refractivity contribution < 1.29 is 13.9 Å². The molecule has 1 aromatic rings. The first-order chi connectivity index (χ1) is 5.80. The predicted octanol–water partition coefficient (Wildman–Crippen LogP) is 1.44. The maximum absolute atomic E-state index is 12.7. The van der Waals surface area contributed by atoms with E-state index in [0.717, 1.165) is 5.56 Å². The highest BCUT2D eigenvalue weighted by atomic mass is 19.1. The third-order valence-electron chi connectivity index (χ3n) is 2.39. The first kappa shape index (κ1) is 6.43. The number of hydrogen-bond acceptors (Lipinski definition) is 2. The van der Waals surface area contributed by atoms with E-state index in [1.165, 1.54) is 12.1 Å². The molecule has 2 nitrogen and oxygen atoms in total. The summed E-state index contributed by atoms with van der Waals surface area (Å²) < 4.78 is 23.3. The van der Waals surface area contributed by atoms with Gasteiger partial charge in [-0.15, -0.1) is 0 Å². The first-order valence-electron chi connectivity index (χ1n) is 3.87. The van der Waals surface area contributed by atoms with Gasteiger partial charge in [-0.05, 0) is 12.1 Å². The second kappa shape index (κ2) is 1.80. The SMILES string of the molecule is Fc1ccc2c(c1)OCC21CO1. The van der Waals surface area contributed by atoms with Crippen LogP contribution in [-0.4, -0.2) is 13.2 Å². The van der Waals surface area contributed by atoms with Crippen molar-refractivity contribution in [3.05, 3.63) is 29.6 Å². The monoisotopic (exact) mass is 166 g/mol. The van der Waals surface area contributed by atoms with Crippen LogP contribution in [0, 0.1) is 5.82 Å². The third-order valence-corrected chi connectivity index (χ3v) is 2.39. The summed E-state index contributed by atoms with van der Waals surface area (Å²) in [5, 5.41) is 0. The zero-order chi connectivity index (χ0) is 8.18. The summed E-state index contributed by atoms with van der Waals surface area (Å²) in [5.41, 5.74) is 0.771. The quantitative estimate of drug-likeness (QED) is 0.544. The van der Waals surface area contributed by atoms with Gasteiger partial charge in [-0.3, -0.25) is 0 Å². The topological polar surface area (TPSA) is 21.8 Å². The fourth-order valence-corrected chi connectivity index (χ4v) is 1.59. The van der Waals surface area contributed by atoms with Gasteiger partial charge >= 0.3 is 0 Å². The van der Waals surface area contributed by atoms with Crippen molar-refractivity contribution in [1.82, 2.24) is 0 Å². The predicted molar refractivity (Wildman–Crippen MR) is 39.5 cm³/mol. The van der Waals surface area contributed by atoms with E-state index in [9.17, 15) is 4.39 Å². The highest BCUT2D eigenvalue weighted by Crippen LogP contribution is 2.48. The molecule has 1 aromatic carbocycles. The third kappa shape index (κ3) is 0.667. The van der Waals surface area contributed by atoms with Crippen LogP contribution < -0.4 is 4.74 Å². The van der Waals surface area contributed by atoms with Gasteiger partial charge in [0.15, 0.2) is 5.60 Å². The van der Waals surface area contributed by atoms with Gasteiger partial charge in [0.25, 0.3) is 0 Å². The zero-order valence-electron chi connectivity index (χ0n) is 6.34. The largest absolute Gasteiger partial charge is 0.490 e. The molecule has 1 saturated heterocycles. The van der Waals surface area contributed by atoms with Gasteiger partial charge in [0, 0.05) is 11.6 Å². The Labute approximate surface area is 68.9 Å². The number of fused-ring (bicyclic) bond motifs is 2. The van der Waals surface area contributed by atoms with Crippen LogP contribution in [0.4, 0.5) is 4.39 Å². The maximum Gasteiger partial charge on any atom is 0.154 e. The van der Waals surface area contributed by atoms with Gasteiger partial charge in [0.1, 0.15) is 18.2 Å². The number of benzene rings is 1. The number of ether oxygens (including phenoxy) is 2. The summed E-state index contributed by atoms with van der Waals surface area (Å²) >= 11 is 0. The Hall–Kier alpha value is -1.09. The molecule has 3 rings (SSSR count). The Morgan fingerprint density at radius 3 is 2.92 bits per heavy atom. The lowest BCUT2D eigenvalue weighted by atomic mass is 10.0. The lowest BCUT2D eigenvalue weighted by Crippen LogP contribution is -2.09. The molecule has 0 bridgehead atoms. The summed E-state index contributed by atoms with van der Waals surface area (Å²) in [6.45, 7) is 1.23. The molecule has 3 heteroatoms. The van der Waals surface area contributed by atoms with Crippen LogP contribution in [0.1, 0.15) is 5.56 Å². The fourth-order valence-electron chi connectivity index (χ4n) is 1.59. The molecule has 0 radical (unpaired) electrons. The molecular weight excluding hydrogens is 159 g/mol. The van der Waals surface area contributed by atoms with E-state index in [0.29, 0.717) is 19.0 Å². The summed E-state index contributed by atoms with van der Waals surface area (Å²) in [5.74, 6) is 0.374. The number of halogens is 1. The van der Waals surface area contributed by atoms with Crippen molar-refractivity contribution >= 4 is 0 Å². The van der Waals surface area contributed by atoms with Gasteiger partial charge < -0.3 is 9.47 Å². The molecular formula is C9H7FO2. The molecule has 0 amide bonds. The molecule has 62 valence electrons. The van der Waals surface area contributed by atoms with E-state index >= 15 is 0 Å². The summed E-state index contributed by atoms with van der Waals surface area (Å²) in [7, 11) is 0. The highest BCUT2D eigenvalue weighted by molar-refractivity contribution is 5.44. The average molecular weight is 166 g/mol. The van der Waals surface area contributed by atoms with Gasteiger partial charge in [-0.1, -0.05) is 0 Å². The van der Waals surface area contributed by atoms with Crippen LogP contribution in [0.3, 0.4) is 0 Å². The van der Waals surface area contributed by atoms with E-state index < -0.39 is 0 Å². The molecule has 2 aliphatic rings. The van der Waals surface area contributed by atoms with Crippen LogP contribution in [0.25, 0.3) is 0 Å². The molecule has 0 saturated carbocycles. The second-order valence-corrected chi connectivity index (χ2v) is 3.21. The van der Waals surface area contributed by atoms with E-state index in [2.05, 4.69) is 0 Å². The van der Waals surface area contributed by atoms with Crippen molar-refractivity contribution in [3.8, 4) is 5.75 Å². The number of epoxide rings is 1. The van der Waals surface area contributed by atoms with Gasteiger partial charge in [-0.25, -0.2) is 4.39 Å². The summed E-state index contributed by atoms with van der Waals surface area (Å²) in [6, 6.07) is 4.59. The van der Waals surface area contributed by atoms with E-state index in [4.69, 9.17) is 9.47 Å². The Morgan fingerprint density at radius 1 is 1.33 bits per heavy atom. The molecule has 0 aliphatic carbocycles. The first-order valence-corrected chi connectivity index (χ1v) is 3.87. The molecule has 1 unspecified atom stereocenters. The normalized spacial score (nSPS) is 30.1. The van der Waals surface area contributed by atoms with Gasteiger partial charge in [-0.2, -0.15) is 0 Å². The number of hydrogen-bond donors (Lipinski definition) is 0. The molecule has 12 heavy (non-hydrogen) atoms. The minimum atomic E-state index is -0.258. The number of rotatable bonds is 0. The molecule has 2 heterocycles. The lowest BCUT2D eigenvalue weighted by Gasteiger charge is -1.98. The minimum absolute atomic E-state index is 0.219. The van der Waals surface area contributed by atoms with Crippen LogP contribution in [0.5, 0.6) is 5.75 Å². The van der Waals surface area contributed by atoms with Crippen LogP contribution in [-0.2, 0) is 10.3 Å². The highest BCUT2D eigenvalue weighted by Gasteiger charge is 2.53. The average Bonchev–Trinajstić information content (AvgIpc) is 2.73. The Morgan fingerprint density at radius 2 is 2.17 bits per heavy atom.